The molecular formula is C26H34O5. The molecule has 0 spiro atoms. The second-order valence-electron chi connectivity index (χ2n) is 7.71. The molecule has 5 nitrogen and oxygen atoms in total. The summed E-state index contributed by atoms with van der Waals surface area (Å²) in [6, 6.07) is 18.3. The standard InChI is InChI=1S/C26H34O5/c1-4-29-24(27)26(3,25(28)30-5-2)19-18-22-14-16-23(17-15-22)31-20-10-9-13-21-11-7-6-8-12-21/h6-8,11-12,14-17H,4-5,9-10,13,18-20H2,1-3H3. The quantitative estimate of drug-likeness (QED) is 0.252. The van der Waals surface area contributed by atoms with E-state index in [2.05, 4.69) is 24.3 Å². The molecule has 0 aliphatic carbocycles. The summed E-state index contributed by atoms with van der Waals surface area (Å²) < 4.78 is 16.1. The van der Waals surface area contributed by atoms with Gasteiger partial charge in [-0.05, 0) is 76.1 Å². The maximum atomic E-state index is 12.4. The molecule has 0 saturated carbocycles. The molecule has 2 rings (SSSR count). The van der Waals surface area contributed by atoms with Crippen LogP contribution >= 0.6 is 0 Å². The fraction of sp³-hybridized carbons (Fsp3) is 0.462. The van der Waals surface area contributed by atoms with E-state index in [0.717, 1.165) is 30.6 Å². The Kier molecular flexibility index (Phi) is 10.1. The monoisotopic (exact) mass is 426 g/mol. The molecule has 31 heavy (non-hydrogen) atoms. The fourth-order valence-electron chi connectivity index (χ4n) is 3.28. The average Bonchev–Trinajstić information content (AvgIpc) is 2.79. The Morgan fingerprint density at radius 1 is 0.774 bits per heavy atom. The number of benzene rings is 2. The lowest BCUT2D eigenvalue weighted by Gasteiger charge is -2.25. The summed E-state index contributed by atoms with van der Waals surface area (Å²) in [5.74, 6) is -0.255. The van der Waals surface area contributed by atoms with Crippen molar-refractivity contribution in [3.05, 3.63) is 65.7 Å². The summed E-state index contributed by atoms with van der Waals surface area (Å²) in [6.45, 7) is 6.18. The second-order valence-corrected chi connectivity index (χ2v) is 7.71. The van der Waals surface area contributed by atoms with Gasteiger partial charge in [-0.2, -0.15) is 0 Å². The Labute approximate surface area is 185 Å². The van der Waals surface area contributed by atoms with E-state index in [-0.39, 0.29) is 13.2 Å². The first-order chi connectivity index (χ1) is 15.0. The van der Waals surface area contributed by atoms with E-state index in [1.165, 1.54) is 5.56 Å². The molecular weight excluding hydrogens is 392 g/mol. The second kappa shape index (κ2) is 12.8. The van der Waals surface area contributed by atoms with Crippen LogP contribution in [0.4, 0.5) is 0 Å². The van der Waals surface area contributed by atoms with E-state index in [4.69, 9.17) is 14.2 Å². The van der Waals surface area contributed by atoms with E-state index in [0.29, 0.717) is 19.4 Å². The largest absolute Gasteiger partial charge is 0.494 e. The number of carbonyl (C=O) groups is 2. The highest BCUT2D eigenvalue weighted by molar-refractivity contribution is 5.99. The molecule has 0 atom stereocenters. The van der Waals surface area contributed by atoms with Gasteiger partial charge in [0.2, 0.25) is 0 Å². The number of ether oxygens (including phenoxy) is 3. The molecule has 0 N–H and O–H groups in total. The van der Waals surface area contributed by atoms with Gasteiger partial charge in [0.05, 0.1) is 19.8 Å². The third-order valence-electron chi connectivity index (χ3n) is 5.26. The lowest BCUT2D eigenvalue weighted by atomic mass is 9.84. The first-order valence-corrected chi connectivity index (χ1v) is 11.1. The van der Waals surface area contributed by atoms with Crippen molar-refractivity contribution in [2.75, 3.05) is 19.8 Å². The Balaban J connectivity index is 1.80. The predicted octanol–water partition coefficient (Wildman–Crippen LogP) is 5.15. The molecule has 168 valence electrons. The Morgan fingerprint density at radius 2 is 1.35 bits per heavy atom. The summed E-state index contributed by atoms with van der Waals surface area (Å²) in [5.41, 5.74) is 1.07. The van der Waals surface area contributed by atoms with E-state index >= 15 is 0 Å². The van der Waals surface area contributed by atoms with E-state index in [1.807, 2.05) is 30.3 Å². The Morgan fingerprint density at radius 3 is 1.94 bits per heavy atom. The van der Waals surface area contributed by atoms with Crippen LogP contribution in [-0.4, -0.2) is 31.8 Å². The van der Waals surface area contributed by atoms with Crippen molar-refractivity contribution in [3.63, 3.8) is 0 Å². The van der Waals surface area contributed by atoms with Crippen LogP contribution in [0.2, 0.25) is 0 Å². The van der Waals surface area contributed by atoms with Gasteiger partial charge < -0.3 is 14.2 Å². The normalized spacial score (nSPS) is 11.1. The minimum atomic E-state index is -1.31. The zero-order chi connectivity index (χ0) is 22.5. The third kappa shape index (κ3) is 7.74. The van der Waals surface area contributed by atoms with Crippen LogP contribution in [0.15, 0.2) is 54.6 Å². The van der Waals surface area contributed by atoms with Crippen LogP contribution in [-0.2, 0) is 31.9 Å². The molecule has 2 aromatic rings. The number of hydrogen-bond acceptors (Lipinski definition) is 5. The van der Waals surface area contributed by atoms with Crippen LogP contribution in [0, 0.1) is 5.41 Å². The lowest BCUT2D eigenvalue weighted by molar-refractivity contribution is -0.171. The summed E-state index contributed by atoms with van der Waals surface area (Å²) in [6.07, 6.45) is 4.02. The van der Waals surface area contributed by atoms with Gasteiger partial charge >= 0.3 is 11.9 Å². The van der Waals surface area contributed by atoms with Crippen molar-refractivity contribution < 1.29 is 23.8 Å². The van der Waals surface area contributed by atoms with E-state index < -0.39 is 17.4 Å². The van der Waals surface area contributed by atoms with Gasteiger partial charge in [-0.3, -0.25) is 9.59 Å². The van der Waals surface area contributed by atoms with Crippen molar-refractivity contribution in [2.45, 2.75) is 52.9 Å². The highest BCUT2D eigenvalue weighted by Crippen LogP contribution is 2.28. The van der Waals surface area contributed by atoms with Crippen LogP contribution < -0.4 is 4.74 Å². The topological polar surface area (TPSA) is 61.8 Å². The van der Waals surface area contributed by atoms with Crippen LogP contribution in [0.1, 0.15) is 51.2 Å². The first kappa shape index (κ1) is 24.4. The van der Waals surface area contributed by atoms with Crippen LogP contribution in [0.25, 0.3) is 0 Å². The van der Waals surface area contributed by atoms with Crippen molar-refractivity contribution in [1.29, 1.82) is 0 Å². The van der Waals surface area contributed by atoms with Gasteiger partial charge in [-0.1, -0.05) is 42.5 Å². The molecule has 0 bridgehead atoms. The predicted molar refractivity (Wildman–Crippen MR) is 121 cm³/mol. The van der Waals surface area contributed by atoms with Crippen molar-refractivity contribution >= 4 is 11.9 Å². The maximum Gasteiger partial charge on any atom is 0.323 e. The Bertz CT molecular complexity index is 780. The van der Waals surface area contributed by atoms with E-state index in [9.17, 15) is 9.59 Å². The first-order valence-electron chi connectivity index (χ1n) is 11.1. The van der Waals surface area contributed by atoms with Gasteiger partial charge in [0.25, 0.3) is 0 Å². The van der Waals surface area contributed by atoms with Crippen molar-refractivity contribution in [1.82, 2.24) is 0 Å². The highest BCUT2D eigenvalue weighted by atomic mass is 16.6. The number of carbonyl (C=O) groups excluding carboxylic acids is 2. The minimum Gasteiger partial charge on any atom is -0.494 e. The van der Waals surface area contributed by atoms with Crippen molar-refractivity contribution in [2.24, 2.45) is 5.41 Å². The Hall–Kier alpha value is -2.82. The molecule has 0 radical (unpaired) electrons. The summed E-state index contributed by atoms with van der Waals surface area (Å²) in [4.78, 5) is 24.8. The average molecular weight is 427 g/mol. The molecule has 0 heterocycles. The van der Waals surface area contributed by atoms with Gasteiger partial charge in [0, 0.05) is 0 Å². The molecule has 0 aliphatic heterocycles. The molecule has 0 saturated heterocycles. The lowest BCUT2D eigenvalue weighted by Crippen LogP contribution is -2.40. The summed E-state index contributed by atoms with van der Waals surface area (Å²) in [5, 5.41) is 0. The molecule has 5 heteroatoms. The number of esters is 2. The van der Waals surface area contributed by atoms with Gasteiger partial charge in [0.15, 0.2) is 5.41 Å². The molecule has 2 aromatic carbocycles. The van der Waals surface area contributed by atoms with Gasteiger partial charge in [0.1, 0.15) is 5.75 Å². The molecule has 0 unspecified atom stereocenters. The molecule has 0 aliphatic rings. The minimum absolute atomic E-state index is 0.227. The zero-order valence-electron chi connectivity index (χ0n) is 18.9. The van der Waals surface area contributed by atoms with Gasteiger partial charge in [-0.25, -0.2) is 0 Å². The highest BCUT2D eigenvalue weighted by Gasteiger charge is 2.43. The smallest absolute Gasteiger partial charge is 0.323 e. The van der Waals surface area contributed by atoms with Gasteiger partial charge in [-0.15, -0.1) is 0 Å². The van der Waals surface area contributed by atoms with Crippen LogP contribution in [0.5, 0.6) is 5.75 Å². The molecule has 0 fully saturated rings. The number of aryl methyl sites for hydroxylation is 2. The summed E-state index contributed by atoms with van der Waals surface area (Å²) >= 11 is 0. The van der Waals surface area contributed by atoms with Crippen LogP contribution in [0.3, 0.4) is 0 Å². The number of rotatable bonds is 13. The van der Waals surface area contributed by atoms with E-state index in [1.54, 1.807) is 20.8 Å². The fourth-order valence-corrected chi connectivity index (χ4v) is 3.28. The molecule has 0 amide bonds. The number of unbranched alkanes of at least 4 members (excludes halogenated alkanes) is 1. The summed E-state index contributed by atoms with van der Waals surface area (Å²) in [7, 11) is 0. The number of hydrogen-bond donors (Lipinski definition) is 0. The zero-order valence-corrected chi connectivity index (χ0v) is 18.9. The van der Waals surface area contributed by atoms with Crippen molar-refractivity contribution in [3.8, 4) is 5.75 Å². The SMILES string of the molecule is CCOC(=O)C(C)(CCc1ccc(OCCCCc2ccccc2)cc1)C(=O)OCC. The molecule has 0 aromatic heterocycles. The third-order valence-corrected chi connectivity index (χ3v) is 5.26. The maximum absolute atomic E-state index is 12.4.